The second-order valence-corrected chi connectivity index (χ2v) is 2.43. The van der Waals surface area contributed by atoms with Crippen LogP contribution in [-0.4, -0.2) is 9.91 Å². The van der Waals surface area contributed by atoms with Crippen LogP contribution in [0.3, 0.4) is 0 Å². The summed E-state index contributed by atoms with van der Waals surface area (Å²) < 4.78 is 24.5. The lowest BCUT2D eigenvalue weighted by atomic mass is 10.2. The Morgan fingerprint density at radius 2 is 2.07 bits per heavy atom. The number of nitro groups is 1. The molecule has 0 saturated carbocycles. The number of hydrogen-bond acceptors (Lipinski definition) is 5. The number of nitrogens with zero attached hydrogens (tertiary/aromatic N) is 2. The van der Waals surface area contributed by atoms with E-state index < -0.39 is 28.4 Å². The lowest BCUT2D eigenvalue weighted by Crippen LogP contribution is -2.06. The first-order chi connectivity index (χ1) is 6.43. The molecule has 0 atom stereocenters. The maximum atomic E-state index is 12.3. The Morgan fingerprint density at radius 3 is 2.50 bits per heavy atom. The quantitative estimate of drug-likeness (QED) is 0.553. The molecule has 0 spiro atoms. The molecule has 8 heteroatoms. The van der Waals surface area contributed by atoms with Crippen LogP contribution in [0.25, 0.3) is 0 Å². The zero-order valence-corrected chi connectivity index (χ0v) is 6.78. The van der Waals surface area contributed by atoms with E-state index in [9.17, 15) is 18.9 Å². The van der Waals surface area contributed by atoms with Crippen molar-refractivity contribution in [1.82, 2.24) is 4.98 Å². The van der Waals surface area contributed by atoms with Crippen molar-refractivity contribution in [2.24, 2.45) is 0 Å². The molecule has 0 radical (unpaired) electrons. The van der Waals surface area contributed by atoms with Crippen molar-refractivity contribution in [3.63, 3.8) is 0 Å². The summed E-state index contributed by atoms with van der Waals surface area (Å²) in [5.74, 6) is -0.275. The minimum Gasteiger partial charge on any atom is -0.393 e. The topological polar surface area (TPSA) is 108 Å². The number of aromatic nitrogens is 1. The van der Waals surface area contributed by atoms with Crippen LogP contribution < -0.4 is 11.5 Å². The first kappa shape index (κ1) is 10.1. The number of alkyl halides is 2. The van der Waals surface area contributed by atoms with Crippen LogP contribution in [0.2, 0.25) is 0 Å². The van der Waals surface area contributed by atoms with E-state index in [4.69, 9.17) is 11.5 Å². The third-order valence-corrected chi connectivity index (χ3v) is 1.46. The molecule has 0 amide bonds. The third-order valence-electron chi connectivity index (χ3n) is 1.46. The van der Waals surface area contributed by atoms with E-state index in [1.54, 1.807) is 0 Å². The minimum atomic E-state index is -3.08. The number of rotatable bonds is 2. The van der Waals surface area contributed by atoms with Crippen molar-refractivity contribution >= 4 is 17.2 Å². The summed E-state index contributed by atoms with van der Waals surface area (Å²) in [5, 5.41) is 10.4. The molecule has 6 nitrogen and oxygen atoms in total. The summed E-state index contributed by atoms with van der Waals surface area (Å²) in [5.41, 5.74) is 7.97. The van der Waals surface area contributed by atoms with Gasteiger partial charge >= 0.3 is 5.69 Å². The summed E-state index contributed by atoms with van der Waals surface area (Å²) in [6.45, 7) is 0. The van der Waals surface area contributed by atoms with Gasteiger partial charge in [-0.1, -0.05) is 0 Å². The van der Waals surface area contributed by atoms with Gasteiger partial charge in [0.1, 0.15) is 11.5 Å². The zero-order valence-electron chi connectivity index (χ0n) is 6.78. The highest BCUT2D eigenvalue weighted by Gasteiger charge is 2.27. The van der Waals surface area contributed by atoms with Gasteiger partial charge in [-0.15, -0.1) is 0 Å². The molecule has 1 aromatic rings. The Labute approximate surface area is 76.7 Å². The SMILES string of the molecule is Nc1cc(N)c([N+](=O)[O-])c(C(F)F)n1. The van der Waals surface area contributed by atoms with Gasteiger partial charge in [-0.2, -0.15) is 0 Å². The molecule has 0 bridgehead atoms. The first-order valence-corrected chi connectivity index (χ1v) is 3.42. The molecular formula is C6H6F2N4O2. The van der Waals surface area contributed by atoms with Crippen molar-refractivity contribution in [1.29, 1.82) is 0 Å². The van der Waals surface area contributed by atoms with E-state index in [1.165, 1.54) is 0 Å². The Bertz CT molecular complexity index is 382. The molecule has 4 N–H and O–H groups in total. The molecule has 14 heavy (non-hydrogen) atoms. The van der Waals surface area contributed by atoms with Crippen molar-refractivity contribution in [2.45, 2.75) is 6.43 Å². The van der Waals surface area contributed by atoms with Crippen LogP contribution >= 0.6 is 0 Å². The van der Waals surface area contributed by atoms with Gasteiger partial charge in [-0.05, 0) is 0 Å². The summed E-state index contributed by atoms with van der Waals surface area (Å²) in [6, 6.07) is 0.962. The summed E-state index contributed by atoms with van der Waals surface area (Å²) in [6.07, 6.45) is -3.08. The molecule has 1 aromatic heterocycles. The average molecular weight is 204 g/mol. The molecule has 0 fully saturated rings. The molecular weight excluding hydrogens is 198 g/mol. The number of nitrogen functional groups attached to an aromatic ring is 2. The zero-order chi connectivity index (χ0) is 10.9. The summed E-state index contributed by atoms with van der Waals surface area (Å²) >= 11 is 0. The molecule has 76 valence electrons. The number of anilines is 2. The number of halogens is 2. The third kappa shape index (κ3) is 1.68. The maximum Gasteiger partial charge on any atom is 0.319 e. The highest BCUT2D eigenvalue weighted by molar-refractivity contribution is 5.64. The monoisotopic (exact) mass is 204 g/mol. The van der Waals surface area contributed by atoms with Crippen molar-refractivity contribution in [3.05, 3.63) is 21.9 Å². The van der Waals surface area contributed by atoms with E-state index in [0.717, 1.165) is 6.07 Å². The highest BCUT2D eigenvalue weighted by atomic mass is 19.3. The minimum absolute atomic E-state index is 0.275. The van der Waals surface area contributed by atoms with Crippen LogP contribution in [0.15, 0.2) is 6.07 Å². The van der Waals surface area contributed by atoms with E-state index >= 15 is 0 Å². The van der Waals surface area contributed by atoms with Crippen LogP contribution in [0, 0.1) is 10.1 Å². The summed E-state index contributed by atoms with van der Waals surface area (Å²) in [4.78, 5) is 12.5. The molecule has 0 saturated heterocycles. The molecule has 0 aromatic carbocycles. The average Bonchev–Trinajstić information content (AvgIpc) is 2.01. The normalized spacial score (nSPS) is 10.5. The predicted octanol–water partition coefficient (Wildman–Crippen LogP) is 1.09. The summed E-state index contributed by atoms with van der Waals surface area (Å²) in [7, 11) is 0. The standard InChI is InChI=1S/C6H6F2N4O2/c7-6(8)4-5(12(13)14)2(9)1-3(10)11-4/h1,6H,(H4,9,10,11). The fourth-order valence-corrected chi connectivity index (χ4v) is 0.951. The fourth-order valence-electron chi connectivity index (χ4n) is 0.951. The molecule has 0 aliphatic rings. The second-order valence-electron chi connectivity index (χ2n) is 2.43. The van der Waals surface area contributed by atoms with E-state index in [0.29, 0.717) is 0 Å². The van der Waals surface area contributed by atoms with Gasteiger partial charge in [0, 0.05) is 6.07 Å². The van der Waals surface area contributed by atoms with Gasteiger partial charge in [0.25, 0.3) is 6.43 Å². The van der Waals surface area contributed by atoms with Crippen molar-refractivity contribution < 1.29 is 13.7 Å². The van der Waals surface area contributed by atoms with Gasteiger partial charge in [-0.25, -0.2) is 13.8 Å². The molecule has 1 rings (SSSR count). The Kier molecular flexibility index (Phi) is 2.45. The van der Waals surface area contributed by atoms with Gasteiger partial charge < -0.3 is 11.5 Å². The van der Waals surface area contributed by atoms with Gasteiger partial charge in [-0.3, -0.25) is 10.1 Å². The van der Waals surface area contributed by atoms with Crippen LogP contribution in [0.1, 0.15) is 12.1 Å². The van der Waals surface area contributed by atoms with Crippen LogP contribution in [0.4, 0.5) is 26.0 Å². The fraction of sp³-hybridized carbons (Fsp3) is 0.167. The lowest BCUT2D eigenvalue weighted by molar-refractivity contribution is -0.385. The maximum absolute atomic E-state index is 12.3. The Hall–Kier alpha value is -1.99. The largest absolute Gasteiger partial charge is 0.393 e. The van der Waals surface area contributed by atoms with E-state index in [1.807, 2.05) is 0 Å². The van der Waals surface area contributed by atoms with E-state index in [2.05, 4.69) is 4.98 Å². The van der Waals surface area contributed by atoms with Crippen LogP contribution in [0.5, 0.6) is 0 Å². The van der Waals surface area contributed by atoms with Crippen molar-refractivity contribution in [3.8, 4) is 0 Å². The Morgan fingerprint density at radius 1 is 1.50 bits per heavy atom. The molecule has 0 aliphatic carbocycles. The smallest absolute Gasteiger partial charge is 0.319 e. The van der Waals surface area contributed by atoms with Gasteiger partial charge in [0.05, 0.1) is 4.92 Å². The molecule has 1 heterocycles. The first-order valence-electron chi connectivity index (χ1n) is 3.42. The number of nitrogens with two attached hydrogens (primary N) is 2. The van der Waals surface area contributed by atoms with Gasteiger partial charge in [0.2, 0.25) is 0 Å². The second kappa shape index (κ2) is 3.40. The highest BCUT2D eigenvalue weighted by Crippen LogP contribution is 2.32. The van der Waals surface area contributed by atoms with Gasteiger partial charge in [0.15, 0.2) is 5.69 Å². The predicted molar refractivity (Wildman–Crippen MR) is 44.7 cm³/mol. The Balaban J connectivity index is 3.44. The number of pyridine rings is 1. The van der Waals surface area contributed by atoms with Crippen LogP contribution in [-0.2, 0) is 0 Å². The number of hydrogen-bond donors (Lipinski definition) is 2. The van der Waals surface area contributed by atoms with E-state index in [-0.39, 0.29) is 5.82 Å². The molecule has 0 aliphatic heterocycles. The van der Waals surface area contributed by atoms with Crippen molar-refractivity contribution in [2.75, 3.05) is 11.5 Å². The molecule has 0 unspecified atom stereocenters. The lowest BCUT2D eigenvalue weighted by Gasteiger charge is -2.04.